The Hall–Kier alpha value is -0.620. The van der Waals surface area contributed by atoms with Crippen molar-refractivity contribution in [1.82, 2.24) is 10.0 Å². The average molecular weight is 220 g/mol. The van der Waals surface area contributed by atoms with Crippen molar-refractivity contribution < 1.29 is 13.2 Å². The lowest BCUT2D eigenvalue weighted by molar-refractivity contribution is -0.124. The molecule has 0 aromatic heterocycles. The van der Waals surface area contributed by atoms with E-state index in [2.05, 4.69) is 10.0 Å². The van der Waals surface area contributed by atoms with Crippen LogP contribution in [-0.2, 0) is 14.8 Å². The van der Waals surface area contributed by atoms with Crippen molar-refractivity contribution in [2.45, 2.75) is 25.3 Å². The fraction of sp³-hybridized carbons (Fsp3) is 0.875. The minimum Gasteiger partial charge on any atom is -0.359 e. The van der Waals surface area contributed by atoms with Crippen LogP contribution in [0.3, 0.4) is 0 Å². The molecule has 0 aliphatic heterocycles. The van der Waals surface area contributed by atoms with E-state index in [1.165, 1.54) is 0 Å². The van der Waals surface area contributed by atoms with Gasteiger partial charge in [-0.05, 0) is 19.3 Å². The van der Waals surface area contributed by atoms with Crippen LogP contribution in [-0.4, -0.2) is 33.7 Å². The van der Waals surface area contributed by atoms with Crippen molar-refractivity contribution in [3.8, 4) is 0 Å². The Morgan fingerprint density at radius 3 is 2.50 bits per heavy atom. The molecule has 0 saturated heterocycles. The molecule has 0 bridgehead atoms. The molecule has 0 aromatic rings. The zero-order chi connectivity index (χ0) is 10.8. The summed E-state index contributed by atoms with van der Waals surface area (Å²) >= 11 is 0. The highest BCUT2D eigenvalue weighted by Crippen LogP contribution is 2.25. The summed E-state index contributed by atoms with van der Waals surface area (Å²) in [5, 5.41) is 2.57. The second kappa shape index (κ2) is 4.27. The lowest BCUT2D eigenvalue weighted by Crippen LogP contribution is -2.33. The van der Waals surface area contributed by atoms with Gasteiger partial charge in [0.05, 0.1) is 6.26 Å². The quantitative estimate of drug-likeness (QED) is 0.670. The van der Waals surface area contributed by atoms with Gasteiger partial charge in [-0.25, -0.2) is 13.1 Å². The van der Waals surface area contributed by atoms with Gasteiger partial charge < -0.3 is 5.32 Å². The molecule has 1 aliphatic carbocycles. The molecular weight excluding hydrogens is 204 g/mol. The molecule has 6 heteroatoms. The Balaban J connectivity index is 2.46. The summed E-state index contributed by atoms with van der Waals surface area (Å²) in [5.41, 5.74) is 0. The van der Waals surface area contributed by atoms with Crippen molar-refractivity contribution in [2.24, 2.45) is 5.92 Å². The van der Waals surface area contributed by atoms with Crippen LogP contribution in [0, 0.1) is 5.92 Å². The van der Waals surface area contributed by atoms with E-state index in [9.17, 15) is 13.2 Å². The molecule has 5 nitrogen and oxygen atoms in total. The minimum atomic E-state index is -3.15. The Morgan fingerprint density at radius 2 is 2.00 bits per heavy atom. The fourth-order valence-corrected chi connectivity index (χ4v) is 2.65. The second-order valence-corrected chi connectivity index (χ2v) is 5.49. The third-order valence-corrected chi connectivity index (χ3v) is 3.19. The highest BCUT2D eigenvalue weighted by molar-refractivity contribution is 7.88. The number of sulfonamides is 1. The Bertz CT molecular complexity index is 313. The van der Waals surface area contributed by atoms with Crippen LogP contribution in [0.4, 0.5) is 0 Å². The molecule has 82 valence electrons. The van der Waals surface area contributed by atoms with Crippen molar-refractivity contribution >= 4 is 15.9 Å². The van der Waals surface area contributed by atoms with Gasteiger partial charge in [0.1, 0.15) is 0 Å². The predicted octanol–water partition coefficient (Wildman–Crippen LogP) is -0.550. The predicted molar refractivity (Wildman–Crippen MR) is 53.2 cm³/mol. The molecule has 0 aromatic carbocycles. The van der Waals surface area contributed by atoms with Crippen LogP contribution in [0.1, 0.15) is 19.3 Å². The molecule has 2 atom stereocenters. The lowest BCUT2D eigenvalue weighted by Gasteiger charge is -2.10. The molecule has 1 amide bonds. The topological polar surface area (TPSA) is 75.3 Å². The summed E-state index contributed by atoms with van der Waals surface area (Å²) in [6, 6.07) is -0.0766. The van der Waals surface area contributed by atoms with Crippen molar-refractivity contribution in [3.63, 3.8) is 0 Å². The number of hydrogen-bond donors (Lipinski definition) is 2. The van der Waals surface area contributed by atoms with Gasteiger partial charge in [0, 0.05) is 19.0 Å². The average Bonchev–Trinajstić information content (AvgIpc) is 2.48. The van der Waals surface area contributed by atoms with E-state index >= 15 is 0 Å². The number of carbonyl (C=O) groups excluding carboxylic acids is 1. The molecule has 2 unspecified atom stereocenters. The molecular formula is C8H16N2O3S. The van der Waals surface area contributed by atoms with E-state index in [0.29, 0.717) is 6.42 Å². The molecule has 0 spiro atoms. The number of nitrogens with one attached hydrogen (secondary N) is 2. The van der Waals surface area contributed by atoms with Crippen molar-refractivity contribution in [3.05, 3.63) is 0 Å². The van der Waals surface area contributed by atoms with E-state index in [-0.39, 0.29) is 17.9 Å². The Kier molecular flexibility index (Phi) is 3.49. The number of hydrogen-bond acceptors (Lipinski definition) is 3. The normalized spacial score (nSPS) is 27.6. The molecule has 14 heavy (non-hydrogen) atoms. The summed E-state index contributed by atoms with van der Waals surface area (Å²) < 4.78 is 24.4. The number of rotatable bonds is 3. The first-order valence-corrected chi connectivity index (χ1v) is 6.50. The van der Waals surface area contributed by atoms with E-state index in [4.69, 9.17) is 0 Å². The molecule has 1 aliphatic rings. The largest absolute Gasteiger partial charge is 0.359 e. The van der Waals surface area contributed by atoms with Crippen molar-refractivity contribution in [2.75, 3.05) is 13.3 Å². The summed E-state index contributed by atoms with van der Waals surface area (Å²) in [7, 11) is -1.55. The van der Waals surface area contributed by atoms with Crippen LogP contribution in [0.2, 0.25) is 0 Å². The van der Waals surface area contributed by atoms with Gasteiger partial charge in [0.15, 0.2) is 0 Å². The van der Waals surface area contributed by atoms with E-state index in [1.54, 1.807) is 7.05 Å². The molecule has 1 fully saturated rings. The van der Waals surface area contributed by atoms with Gasteiger partial charge in [-0.1, -0.05) is 0 Å². The molecule has 0 heterocycles. The summed E-state index contributed by atoms with van der Waals surface area (Å²) in [6.07, 6.45) is 3.24. The Labute approximate surface area is 84.3 Å². The van der Waals surface area contributed by atoms with Gasteiger partial charge in [0.25, 0.3) is 0 Å². The van der Waals surface area contributed by atoms with Crippen LogP contribution in [0.25, 0.3) is 0 Å². The first-order valence-electron chi connectivity index (χ1n) is 4.61. The molecule has 0 radical (unpaired) electrons. The summed E-state index contributed by atoms with van der Waals surface area (Å²) in [6.45, 7) is 0. The zero-order valence-electron chi connectivity index (χ0n) is 8.41. The maximum atomic E-state index is 11.2. The minimum absolute atomic E-state index is 0.00259. The maximum Gasteiger partial charge on any atom is 0.222 e. The fourth-order valence-electron chi connectivity index (χ4n) is 1.83. The lowest BCUT2D eigenvalue weighted by atomic mass is 10.1. The van der Waals surface area contributed by atoms with Crippen molar-refractivity contribution in [1.29, 1.82) is 0 Å². The molecule has 1 saturated carbocycles. The summed E-state index contributed by atoms with van der Waals surface area (Å²) in [4.78, 5) is 11.2. The van der Waals surface area contributed by atoms with Crippen LogP contribution < -0.4 is 10.0 Å². The highest BCUT2D eigenvalue weighted by atomic mass is 32.2. The van der Waals surface area contributed by atoms with E-state index in [0.717, 1.165) is 19.1 Å². The number of amides is 1. The molecule has 1 rings (SSSR count). The standard InChI is InChI=1S/C8H16N2O3S/c1-9-8(11)6-3-4-7(5-6)10-14(2,12)13/h6-7,10H,3-5H2,1-2H3,(H,9,11). The Morgan fingerprint density at radius 1 is 1.36 bits per heavy atom. The van der Waals surface area contributed by atoms with Crippen LogP contribution >= 0.6 is 0 Å². The van der Waals surface area contributed by atoms with Gasteiger partial charge in [0.2, 0.25) is 15.9 Å². The van der Waals surface area contributed by atoms with E-state index in [1.807, 2.05) is 0 Å². The third kappa shape index (κ3) is 3.26. The summed E-state index contributed by atoms with van der Waals surface area (Å²) in [5.74, 6) is -0.0398. The molecule has 2 N–H and O–H groups in total. The smallest absolute Gasteiger partial charge is 0.222 e. The first-order chi connectivity index (χ1) is 6.42. The monoisotopic (exact) mass is 220 g/mol. The van der Waals surface area contributed by atoms with Gasteiger partial charge >= 0.3 is 0 Å². The van der Waals surface area contributed by atoms with Gasteiger partial charge in [-0.2, -0.15) is 0 Å². The van der Waals surface area contributed by atoms with E-state index < -0.39 is 10.0 Å². The van der Waals surface area contributed by atoms with Crippen LogP contribution in [0.15, 0.2) is 0 Å². The van der Waals surface area contributed by atoms with Gasteiger partial charge in [-0.15, -0.1) is 0 Å². The first kappa shape index (κ1) is 11.5. The highest BCUT2D eigenvalue weighted by Gasteiger charge is 2.30. The SMILES string of the molecule is CNC(=O)C1CCC(NS(C)(=O)=O)C1. The second-order valence-electron chi connectivity index (χ2n) is 3.71. The third-order valence-electron chi connectivity index (χ3n) is 2.43. The zero-order valence-corrected chi connectivity index (χ0v) is 9.23. The van der Waals surface area contributed by atoms with Crippen LogP contribution in [0.5, 0.6) is 0 Å². The number of carbonyl (C=O) groups is 1. The maximum absolute atomic E-state index is 11.2. The van der Waals surface area contributed by atoms with Gasteiger partial charge in [-0.3, -0.25) is 4.79 Å².